The minimum absolute atomic E-state index is 0.179. The molecule has 7 nitrogen and oxygen atoms in total. The maximum absolute atomic E-state index is 12.8. The van der Waals surface area contributed by atoms with E-state index in [1.807, 2.05) is 0 Å². The lowest BCUT2D eigenvalue weighted by Gasteiger charge is -2.20. The molecule has 1 amide bonds. The maximum Gasteiger partial charge on any atom is 0.264 e. The van der Waals surface area contributed by atoms with Gasteiger partial charge in [-0.1, -0.05) is 24.3 Å². The van der Waals surface area contributed by atoms with E-state index in [2.05, 4.69) is 5.32 Å². The van der Waals surface area contributed by atoms with Crippen LogP contribution in [0.15, 0.2) is 77.7 Å². The number of benzene rings is 3. The third-order valence-electron chi connectivity index (χ3n) is 4.67. The Morgan fingerprint density at radius 3 is 2.40 bits per heavy atom. The zero-order chi connectivity index (χ0) is 21.1. The van der Waals surface area contributed by atoms with Crippen LogP contribution >= 0.6 is 0 Å². The molecule has 1 aliphatic heterocycles. The van der Waals surface area contributed by atoms with Crippen molar-refractivity contribution < 1.29 is 22.7 Å². The number of amides is 1. The highest BCUT2D eigenvalue weighted by molar-refractivity contribution is 7.92. The number of carbonyl (C=O) groups is 1. The Balaban J connectivity index is 1.55. The highest BCUT2D eigenvalue weighted by Crippen LogP contribution is 2.33. The summed E-state index contributed by atoms with van der Waals surface area (Å²) in [5, 5.41) is 2.80. The third-order valence-corrected chi connectivity index (χ3v) is 6.47. The summed E-state index contributed by atoms with van der Waals surface area (Å²) < 4.78 is 37.8. The SMILES string of the molecule is CN(c1cccc(C(=O)Nc2ccc3c(c2)OCCO3)c1)S(=O)(=O)c1ccccc1. The van der Waals surface area contributed by atoms with Crippen molar-refractivity contribution in [1.29, 1.82) is 0 Å². The monoisotopic (exact) mass is 424 g/mol. The summed E-state index contributed by atoms with van der Waals surface area (Å²) in [6, 6.07) is 19.7. The van der Waals surface area contributed by atoms with Crippen molar-refractivity contribution in [3.05, 3.63) is 78.4 Å². The van der Waals surface area contributed by atoms with Crippen LogP contribution in [0.4, 0.5) is 11.4 Å². The first kappa shape index (κ1) is 19.8. The number of hydrogen-bond donors (Lipinski definition) is 1. The van der Waals surface area contributed by atoms with Crippen molar-refractivity contribution in [3.8, 4) is 11.5 Å². The highest BCUT2D eigenvalue weighted by Gasteiger charge is 2.22. The van der Waals surface area contributed by atoms with E-state index in [4.69, 9.17) is 9.47 Å². The van der Waals surface area contributed by atoms with Gasteiger partial charge in [-0.3, -0.25) is 9.10 Å². The van der Waals surface area contributed by atoms with E-state index in [0.29, 0.717) is 41.7 Å². The molecular weight excluding hydrogens is 404 g/mol. The van der Waals surface area contributed by atoms with Gasteiger partial charge in [0.1, 0.15) is 13.2 Å². The number of hydrogen-bond acceptors (Lipinski definition) is 5. The molecule has 0 aliphatic carbocycles. The second kappa shape index (κ2) is 8.08. The minimum atomic E-state index is -3.73. The topological polar surface area (TPSA) is 84.9 Å². The molecule has 154 valence electrons. The molecule has 4 rings (SSSR count). The molecule has 0 spiro atoms. The minimum Gasteiger partial charge on any atom is -0.486 e. The standard InChI is InChI=1S/C22H20N2O5S/c1-24(30(26,27)19-8-3-2-4-9-19)18-7-5-6-16(14-18)22(25)23-17-10-11-20-21(15-17)29-13-12-28-20/h2-11,14-15H,12-13H2,1H3,(H,23,25). The van der Waals surface area contributed by atoms with Gasteiger partial charge in [0.25, 0.3) is 15.9 Å². The van der Waals surface area contributed by atoms with E-state index in [1.54, 1.807) is 54.6 Å². The fourth-order valence-corrected chi connectivity index (χ4v) is 4.27. The largest absolute Gasteiger partial charge is 0.486 e. The summed E-state index contributed by atoms with van der Waals surface area (Å²) >= 11 is 0. The summed E-state index contributed by atoms with van der Waals surface area (Å²) in [6.45, 7) is 0.944. The van der Waals surface area contributed by atoms with Gasteiger partial charge in [0.2, 0.25) is 0 Å². The van der Waals surface area contributed by atoms with Gasteiger partial charge in [0.05, 0.1) is 10.6 Å². The molecule has 0 atom stereocenters. The fraction of sp³-hybridized carbons (Fsp3) is 0.136. The van der Waals surface area contributed by atoms with Gasteiger partial charge < -0.3 is 14.8 Å². The fourth-order valence-electron chi connectivity index (χ4n) is 3.06. The number of anilines is 2. The number of sulfonamides is 1. The molecule has 3 aromatic carbocycles. The number of carbonyl (C=O) groups excluding carboxylic acids is 1. The molecule has 1 heterocycles. The van der Waals surface area contributed by atoms with Crippen molar-refractivity contribution in [2.45, 2.75) is 4.90 Å². The number of ether oxygens (including phenoxy) is 2. The Morgan fingerprint density at radius 1 is 0.900 bits per heavy atom. The van der Waals surface area contributed by atoms with Gasteiger partial charge in [0.15, 0.2) is 11.5 Å². The van der Waals surface area contributed by atoms with Crippen LogP contribution in [0.5, 0.6) is 11.5 Å². The average Bonchev–Trinajstić information content (AvgIpc) is 2.79. The van der Waals surface area contributed by atoms with E-state index in [1.165, 1.54) is 25.2 Å². The third kappa shape index (κ3) is 3.95. The molecule has 0 radical (unpaired) electrons. The molecule has 1 N–H and O–H groups in total. The average molecular weight is 424 g/mol. The molecule has 8 heteroatoms. The highest BCUT2D eigenvalue weighted by atomic mass is 32.2. The molecule has 0 bridgehead atoms. The summed E-state index contributed by atoms with van der Waals surface area (Å²) in [7, 11) is -2.27. The van der Waals surface area contributed by atoms with Crippen LogP contribution in [0.2, 0.25) is 0 Å². The predicted molar refractivity (Wildman–Crippen MR) is 114 cm³/mol. The molecule has 3 aromatic rings. The normalized spacial score (nSPS) is 12.8. The van der Waals surface area contributed by atoms with Gasteiger partial charge >= 0.3 is 0 Å². The van der Waals surface area contributed by atoms with Crippen LogP contribution in [0.25, 0.3) is 0 Å². The number of rotatable bonds is 5. The van der Waals surface area contributed by atoms with E-state index in [0.717, 1.165) is 4.31 Å². The van der Waals surface area contributed by atoms with Crippen LogP contribution in [0, 0.1) is 0 Å². The smallest absolute Gasteiger partial charge is 0.264 e. The first-order chi connectivity index (χ1) is 14.4. The quantitative estimate of drug-likeness (QED) is 0.677. The lowest BCUT2D eigenvalue weighted by atomic mass is 10.2. The molecule has 0 saturated heterocycles. The lowest BCUT2D eigenvalue weighted by Crippen LogP contribution is -2.26. The van der Waals surface area contributed by atoms with Crippen molar-refractivity contribution in [2.24, 2.45) is 0 Å². The number of nitrogens with zero attached hydrogens (tertiary/aromatic N) is 1. The summed E-state index contributed by atoms with van der Waals surface area (Å²) in [5.74, 6) is 0.842. The Kier molecular flexibility index (Phi) is 5.33. The van der Waals surface area contributed by atoms with Crippen LogP contribution in [-0.2, 0) is 10.0 Å². The molecule has 0 fully saturated rings. The molecular formula is C22H20N2O5S. The second-order valence-electron chi connectivity index (χ2n) is 6.65. The predicted octanol–water partition coefficient (Wildman–Crippen LogP) is 3.54. The van der Waals surface area contributed by atoms with Gasteiger partial charge in [0, 0.05) is 24.4 Å². The van der Waals surface area contributed by atoms with E-state index >= 15 is 0 Å². The van der Waals surface area contributed by atoms with Crippen LogP contribution in [0.1, 0.15) is 10.4 Å². The van der Waals surface area contributed by atoms with Gasteiger partial charge in [-0.05, 0) is 42.5 Å². The first-order valence-corrected chi connectivity index (χ1v) is 10.7. The van der Waals surface area contributed by atoms with Crippen molar-refractivity contribution in [3.63, 3.8) is 0 Å². The summed E-state index contributed by atoms with van der Waals surface area (Å²) in [4.78, 5) is 12.9. The maximum atomic E-state index is 12.8. The Bertz CT molecular complexity index is 1180. The van der Waals surface area contributed by atoms with Crippen molar-refractivity contribution in [1.82, 2.24) is 0 Å². The molecule has 30 heavy (non-hydrogen) atoms. The van der Waals surface area contributed by atoms with Crippen LogP contribution < -0.4 is 19.1 Å². The molecule has 0 aromatic heterocycles. The van der Waals surface area contributed by atoms with Crippen molar-refractivity contribution >= 4 is 27.3 Å². The zero-order valence-electron chi connectivity index (χ0n) is 16.2. The van der Waals surface area contributed by atoms with Crippen molar-refractivity contribution in [2.75, 3.05) is 29.9 Å². The first-order valence-electron chi connectivity index (χ1n) is 9.30. The molecule has 1 aliphatic rings. The second-order valence-corrected chi connectivity index (χ2v) is 8.62. The Labute approximate surface area is 174 Å². The number of fused-ring (bicyclic) bond motifs is 1. The van der Waals surface area contributed by atoms with Crippen LogP contribution in [0.3, 0.4) is 0 Å². The molecule has 0 saturated carbocycles. The molecule has 0 unspecified atom stereocenters. The van der Waals surface area contributed by atoms with E-state index < -0.39 is 10.0 Å². The zero-order valence-corrected chi connectivity index (χ0v) is 17.1. The van der Waals surface area contributed by atoms with Gasteiger partial charge in [-0.15, -0.1) is 0 Å². The Hall–Kier alpha value is -3.52. The van der Waals surface area contributed by atoms with E-state index in [9.17, 15) is 13.2 Å². The Morgan fingerprint density at radius 2 is 1.63 bits per heavy atom. The summed E-state index contributed by atoms with van der Waals surface area (Å²) in [6.07, 6.45) is 0. The lowest BCUT2D eigenvalue weighted by molar-refractivity contribution is 0.102. The van der Waals surface area contributed by atoms with Gasteiger partial charge in [-0.25, -0.2) is 8.42 Å². The summed E-state index contributed by atoms with van der Waals surface area (Å²) in [5.41, 5.74) is 1.27. The van der Waals surface area contributed by atoms with E-state index in [-0.39, 0.29) is 10.8 Å². The van der Waals surface area contributed by atoms with Gasteiger partial charge in [-0.2, -0.15) is 0 Å². The number of nitrogens with one attached hydrogen (secondary N) is 1. The van der Waals surface area contributed by atoms with Crippen LogP contribution in [-0.4, -0.2) is 34.6 Å².